The van der Waals surface area contributed by atoms with Gasteiger partial charge in [0, 0.05) is 6.54 Å². The second-order valence-corrected chi connectivity index (χ2v) is 5.95. The van der Waals surface area contributed by atoms with Crippen LogP contribution in [0.1, 0.15) is 36.0 Å². The van der Waals surface area contributed by atoms with Crippen LogP contribution in [0.15, 0.2) is 12.1 Å². The van der Waals surface area contributed by atoms with Gasteiger partial charge < -0.3 is 14.7 Å². The van der Waals surface area contributed by atoms with Crippen molar-refractivity contribution in [1.29, 1.82) is 0 Å². The molecule has 5 heteroatoms. The minimum Gasteiger partial charge on any atom is -0.483 e. The molecule has 1 saturated heterocycles. The lowest BCUT2D eigenvalue weighted by molar-refractivity contribution is -0.152. The Morgan fingerprint density at radius 1 is 1.23 bits per heavy atom. The number of ether oxygens (including phenoxy) is 1. The summed E-state index contributed by atoms with van der Waals surface area (Å²) in [5, 5.41) is 9.23. The Labute approximate surface area is 130 Å². The minimum absolute atomic E-state index is 0.117. The number of aliphatic carboxylic acids is 1. The molecule has 5 nitrogen and oxygen atoms in total. The van der Waals surface area contributed by atoms with E-state index >= 15 is 0 Å². The van der Waals surface area contributed by atoms with Crippen LogP contribution in [-0.4, -0.2) is 41.1 Å². The first-order valence-electron chi connectivity index (χ1n) is 7.63. The monoisotopic (exact) mass is 305 g/mol. The van der Waals surface area contributed by atoms with E-state index in [1.807, 2.05) is 32.9 Å². The summed E-state index contributed by atoms with van der Waals surface area (Å²) in [4.78, 5) is 25.0. The molecular weight excluding hydrogens is 282 g/mol. The maximum atomic E-state index is 12.3. The van der Waals surface area contributed by atoms with Crippen LogP contribution >= 0.6 is 0 Å². The van der Waals surface area contributed by atoms with Gasteiger partial charge in [-0.15, -0.1) is 0 Å². The Bertz CT molecular complexity index is 559. The number of rotatable bonds is 4. The number of nitrogens with zero attached hydrogens (tertiary/aromatic N) is 1. The van der Waals surface area contributed by atoms with Gasteiger partial charge in [-0.05, 0) is 51.2 Å². The van der Waals surface area contributed by atoms with Crippen LogP contribution in [0, 0.1) is 20.8 Å². The third-order valence-electron chi connectivity index (χ3n) is 4.05. The van der Waals surface area contributed by atoms with Crippen LogP contribution in [0.3, 0.4) is 0 Å². The van der Waals surface area contributed by atoms with Crippen molar-refractivity contribution >= 4 is 11.9 Å². The normalized spacial score (nSPS) is 18.1. The van der Waals surface area contributed by atoms with Crippen molar-refractivity contribution < 1.29 is 19.4 Å². The lowest BCUT2D eigenvalue weighted by atomic mass is 10.0. The molecule has 1 aliphatic heterocycles. The number of amides is 1. The van der Waals surface area contributed by atoms with Crippen molar-refractivity contribution in [3.8, 4) is 5.75 Å². The second-order valence-electron chi connectivity index (χ2n) is 5.95. The number of carboxylic acid groups (broad SMARTS) is 1. The van der Waals surface area contributed by atoms with E-state index in [0.29, 0.717) is 18.7 Å². The van der Waals surface area contributed by atoms with Gasteiger partial charge in [-0.3, -0.25) is 4.79 Å². The van der Waals surface area contributed by atoms with Crippen molar-refractivity contribution in [2.45, 2.75) is 46.1 Å². The maximum Gasteiger partial charge on any atom is 0.326 e. The molecule has 0 saturated carbocycles. The fraction of sp³-hybridized carbons (Fsp3) is 0.529. The summed E-state index contributed by atoms with van der Waals surface area (Å²) in [5.74, 6) is -0.481. The van der Waals surface area contributed by atoms with Crippen molar-refractivity contribution in [2.75, 3.05) is 13.2 Å². The number of carbonyl (C=O) groups is 2. The zero-order chi connectivity index (χ0) is 16.3. The third-order valence-corrected chi connectivity index (χ3v) is 4.05. The summed E-state index contributed by atoms with van der Waals surface area (Å²) in [6.07, 6.45) is 2.21. The van der Waals surface area contributed by atoms with E-state index in [1.54, 1.807) is 0 Å². The Morgan fingerprint density at radius 2 is 1.86 bits per heavy atom. The quantitative estimate of drug-likeness (QED) is 0.928. The van der Waals surface area contributed by atoms with Crippen LogP contribution in [-0.2, 0) is 9.59 Å². The molecule has 1 unspecified atom stereocenters. The van der Waals surface area contributed by atoms with Gasteiger partial charge in [-0.1, -0.05) is 17.7 Å². The minimum atomic E-state index is -0.934. The van der Waals surface area contributed by atoms with Gasteiger partial charge in [0.15, 0.2) is 6.61 Å². The molecule has 120 valence electrons. The molecule has 0 aliphatic carbocycles. The van der Waals surface area contributed by atoms with Crippen LogP contribution in [0.25, 0.3) is 0 Å². The summed E-state index contributed by atoms with van der Waals surface area (Å²) < 4.78 is 5.68. The second kappa shape index (κ2) is 6.81. The van der Waals surface area contributed by atoms with Crippen LogP contribution in [0.2, 0.25) is 0 Å². The number of carbonyl (C=O) groups excluding carboxylic acids is 1. The van der Waals surface area contributed by atoms with Crippen LogP contribution in [0.5, 0.6) is 5.75 Å². The number of carboxylic acids is 1. The van der Waals surface area contributed by atoms with E-state index < -0.39 is 12.0 Å². The Balaban J connectivity index is 2.05. The molecule has 1 fully saturated rings. The molecule has 1 atom stereocenters. The van der Waals surface area contributed by atoms with Gasteiger partial charge >= 0.3 is 5.97 Å². The van der Waals surface area contributed by atoms with E-state index in [2.05, 4.69) is 0 Å². The van der Waals surface area contributed by atoms with E-state index in [4.69, 9.17) is 4.74 Å². The summed E-state index contributed by atoms with van der Waals surface area (Å²) in [5.41, 5.74) is 3.12. The molecular formula is C17H23NO4. The molecule has 0 spiro atoms. The molecule has 0 radical (unpaired) electrons. The van der Waals surface area contributed by atoms with Crippen LogP contribution < -0.4 is 4.74 Å². The topological polar surface area (TPSA) is 66.8 Å². The molecule has 1 amide bonds. The molecule has 0 bridgehead atoms. The van der Waals surface area contributed by atoms with E-state index in [1.165, 1.54) is 4.90 Å². The highest BCUT2D eigenvalue weighted by Gasteiger charge is 2.32. The van der Waals surface area contributed by atoms with Crippen molar-refractivity contribution in [3.63, 3.8) is 0 Å². The summed E-state index contributed by atoms with van der Waals surface area (Å²) in [6.45, 7) is 6.28. The first-order chi connectivity index (χ1) is 10.4. The fourth-order valence-electron chi connectivity index (χ4n) is 3.10. The van der Waals surface area contributed by atoms with Crippen LogP contribution in [0.4, 0.5) is 0 Å². The Morgan fingerprint density at radius 3 is 2.45 bits per heavy atom. The summed E-state index contributed by atoms with van der Waals surface area (Å²) in [6, 6.07) is 3.30. The number of aryl methyl sites for hydroxylation is 3. The van der Waals surface area contributed by atoms with E-state index in [9.17, 15) is 14.7 Å². The molecule has 1 heterocycles. The smallest absolute Gasteiger partial charge is 0.326 e. The Hall–Kier alpha value is -2.04. The molecule has 1 aromatic rings. The standard InChI is InChI=1S/C17H23NO4/c1-11-8-12(2)16(13(3)9-11)22-10-15(19)18-7-5-4-6-14(18)17(20)21/h8-9,14H,4-7,10H2,1-3H3,(H,20,21). The Kier molecular flexibility index (Phi) is 5.06. The molecule has 1 aliphatic rings. The fourth-order valence-corrected chi connectivity index (χ4v) is 3.10. The van der Waals surface area contributed by atoms with Gasteiger partial charge in [0.05, 0.1) is 0 Å². The number of likely N-dealkylation sites (tertiary alicyclic amines) is 1. The van der Waals surface area contributed by atoms with Gasteiger partial charge in [0.25, 0.3) is 5.91 Å². The SMILES string of the molecule is Cc1cc(C)c(OCC(=O)N2CCCCC2C(=O)O)c(C)c1. The average molecular weight is 305 g/mol. The lowest BCUT2D eigenvalue weighted by Gasteiger charge is -2.32. The molecule has 22 heavy (non-hydrogen) atoms. The number of benzene rings is 1. The third kappa shape index (κ3) is 3.59. The number of hydrogen-bond donors (Lipinski definition) is 1. The highest BCUT2D eigenvalue weighted by molar-refractivity contribution is 5.84. The summed E-state index contributed by atoms with van der Waals surface area (Å²) >= 11 is 0. The van der Waals surface area contributed by atoms with Crippen molar-refractivity contribution in [3.05, 3.63) is 28.8 Å². The van der Waals surface area contributed by atoms with Crippen molar-refractivity contribution in [2.24, 2.45) is 0 Å². The van der Waals surface area contributed by atoms with E-state index in [0.717, 1.165) is 29.5 Å². The average Bonchev–Trinajstić information content (AvgIpc) is 2.45. The molecule has 0 aromatic heterocycles. The van der Waals surface area contributed by atoms with E-state index in [-0.39, 0.29) is 12.5 Å². The molecule has 1 aromatic carbocycles. The predicted molar refractivity (Wildman–Crippen MR) is 83.1 cm³/mol. The lowest BCUT2D eigenvalue weighted by Crippen LogP contribution is -2.49. The zero-order valence-electron chi connectivity index (χ0n) is 13.4. The first-order valence-corrected chi connectivity index (χ1v) is 7.63. The van der Waals surface area contributed by atoms with Gasteiger partial charge in [0.1, 0.15) is 11.8 Å². The van der Waals surface area contributed by atoms with Crippen molar-refractivity contribution in [1.82, 2.24) is 4.90 Å². The van der Waals surface area contributed by atoms with Gasteiger partial charge in [-0.25, -0.2) is 4.79 Å². The highest BCUT2D eigenvalue weighted by atomic mass is 16.5. The largest absolute Gasteiger partial charge is 0.483 e. The predicted octanol–water partition coefficient (Wildman–Crippen LogP) is 2.46. The molecule has 2 rings (SSSR count). The maximum absolute atomic E-state index is 12.3. The molecule has 1 N–H and O–H groups in total. The first kappa shape index (κ1) is 16.3. The van der Waals surface area contributed by atoms with Gasteiger partial charge in [-0.2, -0.15) is 0 Å². The zero-order valence-corrected chi connectivity index (χ0v) is 13.4. The number of piperidine rings is 1. The summed E-state index contributed by atoms with van der Waals surface area (Å²) in [7, 11) is 0. The van der Waals surface area contributed by atoms with Gasteiger partial charge in [0.2, 0.25) is 0 Å². The highest BCUT2D eigenvalue weighted by Crippen LogP contribution is 2.25. The number of hydrogen-bond acceptors (Lipinski definition) is 3.